The highest BCUT2D eigenvalue weighted by Gasteiger charge is 2.44. The molecule has 24 heavy (non-hydrogen) atoms. The number of imide groups is 1. The van der Waals surface area contributed by atoms with Crippen LogP contribution in [0.4, 0.5) is 4.79 Å². The molecule has 1 aliphatic heterocycles. The maximum atomic E-state index is 12.4. The number of hydrogen-bond acceptors (Lipinski definition) is 3. The van der Waals surface area contributed by atoms with Crippen LogP contribution in [0.15, 0.2) is 30.3 Å². The monoisotopic (exact) mass is 329 g/mol. The van der Waals surface area contributed by atoms with Crippen LogP contribution in [-0.4, -0.2) is 35.3 Å². The second-order valence-electron chi connectivity index (χ2n) is 6.46. The molecular formula is C18H23N3O3. The number of fused-ring (bicyclic) bond motifs is 1. The van der Waals surface area contributed by atoms with E-state index in [0.29, 0.717) is 32.4 Å². The smallest absolute Gasteiger partial charge is 0.324 e. The van der Waals surface area contributed by atoms with E-state index < -0.39 is 0 Å². The molecule has 1 saturated carbocycles. The highest BCUT2D eigenvalue weighted by molar-refractivity contribution is 5.98. The minimum Gasteiger partial charge on any atom is -0.352 e. The van der Waals surface area contributed by atoms with Crippen LogP contribution in [0.5, 0.6) is 0 Å². The Hall–Kier alpha value is -2.37. The molecule has 4 amide bonds. The highest BCUT2D eigenvalue weighted by atomic mass is 16.2. The molecule has 1 aliphatic carbocycles. The summed E-state index contributed by atoms with van der Waals surface area (Å²) in [6.45, 7) is 2.68. The summed E-state index contributed by atoms with van der Waals surface area (Å²) in [6.07, 6.45) is 1.85. The van der Waals surface area contributed by atoms with E-state index in [1.165, 1.54) is 4.90 Å². The third-order valence-corrected chi connectivity index (χ3v) is 4.98. The second kappa shape index (κ2) is 7.03. The van der Waals surface area contributed by atoms with Gasteiger partial charge in [-0.15, -0.1) is 0 Å². The Kier molecular flexibility index (Phi) is 4.83. The molecule has 1 saturated heterocycles. The van der Waals surface area contributed by atoms with E-state index in [2.05, 4.69) is 10.6 Å². The van der Waals surface area contributed by atoms with Gasteiger partial charge in [-0.2, -0.15) is 0 Å². The normalized spacial score (nSPS) is 26.5. The van der Waals surface area contributed by atoms with Crippen LogP contribution in [0.2, 0.25) is 0 Å². The Labute approximate surface area is 141 Å². The minimum absolute atomic E-state index is 0.00285. The van der Waals surface area contributed by atoms with Crippen LogP contribution >= 0.6 is 0 Å². The van der Waals surface area contributed by atoms with Gasteiger partial charge in [0.25, 0.3) is 0 Å². The molecule has 6 heteroatoms. The summed E-state index contributed by atoms with van der Waals surface area (Å²) in [5.74, 6) is -0.455. The summed E-state index contributed by atoms with van der Waals surface area (Å²) in [4.78, 5) is 38.0. The van der Waals surface area contributed by atoms with Crippen molar-refractivity contribution in [2.75, 3.05) is 6.54 Å². The van der Waals surface area contributed by atoms with Gasteiger partial charge in [-0.3, -0.25) is 14.5 Å². The number of hydrogen-bond donors (Lipinski definition) is 2. The van der Waals surface area contributed by atoms with Gasteiger partial charge >= 0.3 is 6.03 Å². The Morgan fingerprint density at radius 3 is 2.71 bits per heavy atom. The molecule has 2 fully saturated rings. The molecule has 2 N–H and O–H groups in total. The van der Waals surface area contributed by atoms with Gasteiger partial charge in [0.1, 0.15) is 0 Å². The summed E-state index contributed by atoms with van der Waals surface area (Å²) in [6, 6.07) is 9.19. The summed E-state index contributed by atoms with van der Waals surface area (Å²) in [7, 11) is 0. The maximum Gasteiger partial charge on any atom is 0.324 e. The number of benzene rings is 1. The van der Waals surface area contributed by atoms with E-state index in [9.17, 15) is 14.4 Å². The molecule has 1 aromatic carbocycles. The largest absolute Gasteiger partial charge is 0.352 e. The van der Waals surface area contributed by atoms with E-state index in [-0.39, 0.29) is 35.7 Å². The zero-order chi connectivity index (χ0) is 17.1. The lowest BCUT2D eigenvalue weighted by atomic mass is 9.76. The average molecular weight is 329 g/mol. The lowest BCUT2D eigenvalue weighted by Gasteiger charge is -2.41. The number of nitrogens with one attached hydrogen (secondary N) is 2. The number of nitrogens with zero attached hydrogens (tertiary/aromatic N) is 1. The van der Waals surface area contributed by atoms with Crippen LogP contribution in [0.3, 0.4) is 0 Å². The molecule has 128 valence electrons. The first kappa shape index (κ1) is 16.5. The molecule has 6 nitrogen and oxygen atoms in total. The Morgan fingerprint density at radius 1 is 1.25 bits per heavy atom. The van der Waals surface area contributed by atoms with Crippen LogP contribution in [-0.2, 0) is 16.1 Å². The topological polar surface area (TPSA) is 78.5 Å². The van der Waals surface area contributed by atoms with Gasteiger partial charge in [-0.05, 0) is 31.7 Å². The van der Waals surface area contributed by atoms with Gasteiger partial charge in [-0.25, -0.2) is 4.79 Å². The standard InChI is InChI=1S/C18H23N3O3/c1-2-21-17(23)14-9-8-13(10-15(14)20-18(21)24)16(22)19-11-12-6-4-3-5-7-12/h3-7,13-15H,2,8-11H2,1H3,(H,19,22)(H,20,24). The van der Waals surface area contributed by atoms with Gasteiger partial charge in [-0.1, -0.05) is 30.3 Å². The van der Waals surface area contributed by atoms with Gasteiger partial charge in [0.05, 0.1) is 5.92 Å². The van der Waals surface area contributed by atoms with Crippen LogP contribution < -0.4 is 10.6 Å². The quantitative estimate of drug-likeness (QED) is 0.882. The third-order valence-electron chi connectivity index (χ3n) is 4.98. The predicted octanol–water partition coefficient (Wildman–Crippen LogP) is 1.66. The molecular weight excluding hydrogens is 306 g/mol. The first-order valence-electron chi connectivity index (χ1n) is 8.53. The van der Waals surface area contributed by atoms with Crippen molar-refractivity contribution < 1.29 is 14.4 Å². The van der Waals surface area contributed by atoms with Crippen molar-refractivity contribution >= 4 is 17.8 Å². The fourth-order valence-corrected chi connectivity index (χ4v) is 3.63. The first-order valence-corrected chi connectivity index (χ1v) is 8.53. The molecule has 1 heterocycles. The number of rotatable bonds is 4. The van der Waals surface area contributed by atoms with Crippen molar-refractivity contribution in [3.8, 4) is 0 Å². The van der Waals surface area contributed by atoms with Gasteiger partial charge in [0, 0.05) is 25.0 Å². The lowest BCUT2D eigenvalue weighted by Crippen LogP contribution is -2.61. The van der Waals surface area contributed by atoms with Crippen LogP contribution in [0.25, 0.3) is 0 Å². The number of amides is 4. The summed E-state index contributed by atoms with van der Waals surface area (Å²) >= 11 is 0. The van der Waals surface area contributed by atoms with Crippen molar-refractivity contribution in [2.45, 2.75) is 38.8 Å². The number of urea groups is 1. The fourth-order valence-electron chi connectivity index (χ4n) is 3.63. The van der Waals surface area contributed by atoms with Crippen molar-refractivity contribution in [1.29, 1.82) is 0 Å². The number of carbonyl (C=O) groups is 3. The lowest BCUT2D eigenvalue weighted by molar-refractivity contribution is -0.139. The number of carbonyl (C=O) groups excluding carboxylic acids is 3. The second-order valence-corrected chi connectivity index (χ2v) is 6.46. The van der Waals surface area contributed by atoms with Crippen LogP contribution in [0.1, 0.15) is 31.7 Å². The molecule has 0 radical (unpaired) electrons. The fraction of sp³-hybridized carbons (Fsp3) is 0.500. The van der Waals surface area contributed by atoms with Crippen molar-refractivity contribution in [3.63, 3.8) is 0 Å². The molecule has 0 bridgehead atoms. The molecule has 3 atom stereocenters. The average Bonchev–Trinajstić information content (AvgIpc) is 2.60. The van der Waals surface area contributed by atoms with Crippen molar-refractivity contribution in [1.82, 2.24) is 15.5 Å². The molecule has 0 spiro atoms. The summed E-state index contributed by atoms with van der Waals surface area (Å²) in [5.41, 5.74) is 1.05. The van der Waals surface area contributed by atoms with E-state index in [0.717, 1.165) is 5.56 Å². The van der Waals surface area contributed by atoms with E-state index in [1.54, 1.807) is 6.92 Å². The SMILES string of the molecule is CCN1C(=O)NC2CC(C(=O)NCc3ccccc3)CCC2C1=O. The Balaban J connectivity index is 1.57. The van der Waals surface area contributed by atoms with Gasteiger partial charge < -0.3 is 10.6 Å². The van der Waals surface area contributed by atoms with E-state index in [1.807, 2.05) is 30.3 Å². The van der Waals surface area contributed by atoms with Crippen LogP contribution in [0, 0.1) is 11.8 Å². The molecule has 1 aromatic rings. The molecule has 3 unspecified atom stereocenters. The zero-order valence-electron chi connectivity index (χ0n) is 13.8. The highest BCUT2D eigenvalue weighted by Crippen LogP contribution is 2.33. The van der Waals surface area contributed by atoms with Gasteiger partial charge in [0.2, 0.25) is 11.8 Å². The van der Waals surface area contributed by atoms with Gasteiger partial charge in [0.15, 0.2) is 0 Å². The minimum atomic E-state index is -0.339. The zero-order valence-corrected chi connectivity index (χ0v) is 13.8. The molecule has 0 aromatic heterocycles. The van der Waals surface area contributed by atoms with E-state index >= 15 is 0 Å². The van der Waals surface area contributed by atoms with Crippen molar-refractivity contribution in [2.24, 2.45) is 11.8 Å². The summed E-state index contributed by atoms with van der Waals surface area (Å²) in [5, 5.41) is 5.85. The molecule has 2 aliphatic rings. The van der Waals surface area contributed by atoms with Crippen molar-refractivity contribution in [3.05, 3.63) is 35.9 Å². The summed E-state index contributed by atoms with van der Waals surface area (Å²) < 4.78 is 0. The maximum absolute atomic E-state index is 12.4. The molecule has 3 rings (SSSR count). The Morgan fingerprint density at radius 2 is 2.00 bits per heavy atom. The Bertz CT molecular complexity index is 632. The van der Waals surface area contributed by atoms with E-state index in [4.69, 9.17) is 0 Å². The predicted molar refractivity (Wildman–Crippen MR) is 88.8 cm³/mol. The first-order chi connectivity index (χ1) is 11.6. The third kappa shape index (κ3) is 3.27.